The number of benzene rings is 1. The maximum atomic E-state index is 12.7. The summed E-state index contributed by atoms with van der Waals surface area (Å²) in [7, 11) is 0. The summed E-state index contributed by atoms with van der Waals surface area (Å²) >= 11 is 0. The van der Waals surface area contributed by atoms with Crippen molar-refractivity contribution in [2.45, 2.75) is 25.7 Å². The summed E-state index contributed by atoms with van der Waals surface area (Å²) in [6.07, 6.45) is 7.49. The van der Waals surface area contributed by atoms with E-state index < -0.39 is 0 Å². The Hall–Kier alpha value is -2.73. The average Bonchev–Trinajstić information content (AvgIpc) is 3.19. The summed E-state index contributed by atoms with van der Waals surface area (Å²) in [5, 5.41) is 10.7. The molecule has 27 heavy (non-hydrogen) atoms. The lowest BCUT2D eigenvalue weighted by Crippen LogP contribution is -2.38. The Bertz CT molecular complexity index is 884. The summed E-state index contributed by atoms with van der Waals surface area (Å²) in [5.74, 6) is 0.179. The van der Waals surface area contributed by atoms with Crippen molar-refractivity contribution in [3.63, 3.8) is 0 Å². The van der Waals surface area contributed by atoms with Crippen molar-refractivity contribution >= 4 is 22.6 Å². The van der Waals surface area contributed by atoms with Gasteiger partial charge in [-0.15, -0.1) is 0 Å². The highest BCUT2D eigenvalue weighted by molar-refractivity contribution is 6.00. The molecule has 1 aliphatic rings. The van der Waals surface area contributed by atoms with Crippen LogP contribution in [0.2, 0.25) is 0 Å². The molecule has 6 nitrogen and oxygen atoms in total. The SMILES string of the molecule is O=C(Nc1ccnc2[nH]ncc12)C1CCN(CCCc2ccccc2)CC1. The van der Waals surface area contributed by atoms with E-state index in [1.165, 1.54) is 5.56 Å². The Labute approximate surface area is 159 Å². The molecule has 0 bridgehead atoms. The number of anilines is 1. The first-order chi connectivity index (χ1) is 13.3. The van der Waals surface area contributed by atoms with E-state index in [1.54, 1.807) is 12.4 Å². The number of hydrogen-bond acceptors (Lipinski definition) is 4. The number of hydrogen-bond donors (Lipinski definition) is 2. The molecule has 0 unspecified atom stereocenters. The fraction of sp³-hybridized carbons (Fsp3) is 0.381. The number of piperidine rings is 1. The van der Waals surface area contributed by atoms with Crippen molar-refractivity contribution in [1.29, 1.82) is 0 Å². The van der Waals surface area contributed by atoms with Gasteiger partial charge < -0.3 is 10.2 Å². The fourth-order valence-corrected chi connectivity index (χ4v) is 3.76. The minimum absolute atomic E-state index is 0.0745. The molecule has 0 aliphatic carbocycles. The van der Waals surface area contributed by atoms with Gasteiger partial charge in [0.1, 0.15) is 0 Å². The van der Waals surface area contributed by atoms with Crippen molar-refractivity contribution in [1.82, 2.24) is 20.1 Å². The number of aromatic nitrogens is 3. The maximum absolute atomic E-state index is 12.7. The van der Waals surface area contributed by atoms with Gasteiger partial charge in [0.15, 0.2) is 5.65 Å². The van der Waals surface area contributed by atoms with Crippen LogP contribution in [0.15, 0.2) is 48.8 Å². The zero-order chi connectivity index (χ0) is 18.5. The van der Waals surface area contributed by atoms with E-state index in [0.717, 1.165) is 56.4 Å². The average molecular weight is 363 g/mol. The van der Waals surface area contributed by atoms with E-state index in [0.29, 0.717) is 5.65 Å². The Kier molecular flexibility index (Phi) is 5.44. The monoisotopic (exact) mass is 363 g/mol. The maximum Gasteiger partial charge on any atom is 0.227 e. The fourth-order valence-electron chi connectivity index (χ4n) is 3.76. The van der Waals surface area contributed by atoms with Crippen molar-refractivity contribution in [3.05, 3.63) is 54.4 Å². The van der Waals surface area contributed by atoms with Gasteiger partial charge in [-0.1, -0.05) is 30.3 Å². The molecule has 0 atom stereocenters. The second kappa shape index (κ2) is 8.31. The van der Waals surface area contributed by atoms with Gasteiger partial charge in [-0.05, 0) is 56.9 Å². The molecule has 1 aromatic carbocycles. The van der Waals surface area contributed by atoms with Crippen LogP contribution in [-0.4, -0.2) is 45.6 Å². The molecule has 3 aromatic rings. The first kappa shape index (κ1) is 17.7. The zero-order valence-electron chi connectivity index (χ0n) is 15.4. The van der Waals surface area contributed by atoms with Gasteiger partial charge in [0, 0.05) is 12.1 Å². The van der Waals surface area contributed by atoms with Gasteiger partial charge in [-0.3, -0.25) is 9.89 Å². The molecule has 6 heteroatoms. The Balaban J connectivity index is 1.24. The number of rotatable bonds is 6. The highest BCUT2D eigenvalue weighted by Crippen LogP contribution is 2.23. The van der Waals surface area contributed by atoms with E-state index >= 15 is 0 Å². The number of aromatic amines is 1. The van der Waals surface area contributed by atoms with Gasteiger partial charge in [0.05, 0.1) is 17.3 Å². The molecule has 1 aliphatic heterocycles. The van der Waals surface area contributed by atoms with Crippen LogP contribution in [0.5, 0.6) is 0 Å². The first-order valence-electron chi connectivity index (χ1n) is 9.65. The third kappa shape index (κ3) is 4.34. The van der Waals surface area contributed by atoms with Crippen LogP contribution < -0.4 is 5.32 Å². The Morgan fingerprint density at radius 2 is 2.00 bits per heavy atom. The number of fused-ring (bicyclic) bond motifs is 1. The quantitative estimate of drug-likeness (QED) is 0.705. The topological polar surface area (TPSA) is 73.9 Å². The molecule has 0 spiro atoms. The van der Waals surface area contributed by atoms with Gasteiger partial charge in [0.25, 0.3) is 0 Å². The predicted molar refractivity (Wildman–Crippen MR) is 106 cm³/mol. The zero-order valence-corrected chi connectivity index (χ0v) is 15.4. The van der Waals surface area contributed by atoms with Crippen molar-refractivity contribution < 1.29 is 4.79 Å². The van der Waals surface area contributed by atoms with Crippen molar-refractivity contribution in [3.8, 4) is 0 Å². The third-order valence-electron chi connectivity index (χ3n) is 5.35. The van der Waals surface area contributed by atoms with Crippen LogP contribution in [0.3, 0.4) is 0 Å². The number of likely N-dealkylation sites (tertiary alicyclic amines) is 1. The molecule has 1 saturated heterocycles. The lowest BCUT2D eigenvalue weighted by molar-refractivity contribution is -0.121. The smallest absolute Gasteiger partial charge is 0.227 e. The van der Waals surface area contributed by atoms with Crippen LogP contribution in [0, 0.1) is 5.92 Å². The van der Waals surface area contributed by atoms with E-state index in [1.807, 2.05) is 6.07 Å². The molecule has 1 fully saturated rings. The highest BCUT2D eigenvalue weighted by atomic mass is 16.1. The molecular weight excluding hydrogens is 338 g/mol. The first-order valence-corrected chi connectivity index (χ1v) is 9.65. The summed E-state index contributed by atoms with van der Waals surface area (Å²) < 4.78 is 0. The molecule has 4 rings (SSSR count). The number of carbonyl (C=O) groups is 1. The number of H-pyrrole nitrogens is 1. The number of amides is 1. The second-order valence-corrected chi connectivity index (χ2v) is 7.19. The summed E-state index contributed by atoms with van der Waals surface area (Å²) in [6, 6.07) is 12.5. The molecule has 0 radical (unpaired) electrons. The third-order valence-corrected chi connectivity index (χ3v) is 5.35. The van der Waals surface area contributed by atoms with E-state index in [-0.39, 0.29) is 11.8 Å². The Morgan fingerprint density at radius 3 is 2.81 bits per heavy atom. The van der Waals surface area contributed by atoms with E-state index in [2.05, 4.69) is 55.7 Å². The summed E-state index contributed by atoms with van der Waals surface area (Å²) in [4.78, 5) is 19.3. The van der Waals surface area contributed by atoms with E-state index in [9.17, 15) is 4.79 Å². The van der Waals surface area contributed by atoms with Gasteiger partial charge in [-0.2, -0.15) is 5.10 Å². The minimum atomic E-state index is 0.0745. The molecule has 1 amide bonds. The molecular formula is C21H25N5O. The molecule has 2 aromatic heterocycles. The standard InChI is InChI=1S/C21H25N5O/c27-21(24-19-8-11-22-20-18(19)15-23-25-20)17-9-13-26(14-10-17)12-4-7-16-5-2-1-3-6-16/h1-3,5-6,8,11,15,17H,4,7,9-10,12-14H2,(H2,22,23,24,25,27). The lowest BCUT2D eigenvalue weighted by Gasteiger charge is -2.31. The van der Waals surface area contributed by atoms with Crippen molar-refractivity contribution in [2.75, 3.05) is 25.0 Å². The minimum Gasteiger partial charge on any atom is -0.325 e. The highest BCUT2D eigenvalue weighted by Gasteiger charge is 2.25. The Morgan fingerprint density at radius 1 is 1.19 bits per heavy atom. The second-order valence-electron chi connectivity index (χ2n) is 7.19. The van der Waals surface area contributed by atoms with Crippen LogP contribution in [0.25, 0.3) is 11.0 Å². The molecule has 2 N–H and O–H groups in total. The lowest BCUT2D eigenvalue weighted by atomic mass is 9.95. The van der Waals surface area contributed by atoms with Gasteiger partial charge in [-0.25, -0.2) is 4.98 Å². The van der Waals surface area contributed by atoms with Crippen LogP contribution in [0.1, 0.15) is 24.8 Å². The molecule has 0 saturated carbocycles. The number of pyridine rings is 1. The number of nitrogens with zero attached hydrogens (tertiary/aromatic N) is 3. The normalized spacial score (nSPS) is 15.9. The molecule has 3 heterocycles. The van der Waals surface area contributed by atoms with E-state index in [4.69, 9.17) is 0 Å². The number of carbonyl (C=O) groups excluding carboxylic acids is 1. The van der Waals surface area contributed by atoms with Crippen molar-refractivity contribution in [2.24, 2.45) is 5.92 Å². The number of aryl methyl sites for hydroxylation is 1. The molecule has 140 valence electrons. The largest absolute Gasteiger partial charge is 0.325 e. The summed E-state index contributed by atoms with van der Waals surface area (Å²) in [6.45, 7) is 3.08. The van der Waals surface area contributed by atoms with Gasteiger partial charge in [0.2, 0.25) is 5.91 Å². The van der Waals surface area contributed by atoms with Crippen LogP contribution >= 0.6 is 0 Å². The predicted octanol–water partition coefficient (Wildman–Crippen LogP) is 3.24. The van der Waals surface area contributed by atoms with Gasteiger partial charge >= 0.3 is 0 Å². The number of nitrogens with one attached hydrogen (secondary N) is 2. The summed E-state index contributed by atoms with van der Waals surface area (Å²) in [5.41, 5.74) is 2.87. The van der Waals surface area contributed by atoms with Crippen LogP contribution in [0.4, 0.5) is 5.69 Å². The van der Waals surface area contributed by atoms with Crippen LogP contribution in [-0.2, 0) is 11.2 Å².